The Bertz CT molecular complexity index is 1170. The normalized spacial score (nSPS) is 10.5. The minimum Gasteiger partial charge on any atom is -0.478 e. The van der Waals surface area contributed by atoms with Gasteiger partial charge in [-0.05, 0) is 55.7 Å². The van der Waals surface area contributed by atoms with Crippen molar-refractivity contribution in [3.8, 4) is 0 Å². The van der Waals surface area contributed by atoms with E-state index in [0.29, 0.717) is 18.5 Å². The number of aromatic nitrogens is 2. The van der Waals surface area contributed by atoms with Crippen molar-refractivity contribution in [1.29, 1.82) is 0 Å². The van der Waals surface area contributed by atoms with Crippen LogP contribution in [0, 0.1) is 0 Å². The minimum absolute atomic E-state index is 0.0374. The summed E-state index contributed by atoms with van der Waals surface area (Å²) in [5.41, 5.74) is 1.99. The van der Waals surface area contributed by atoms with Crippen LogP contribution in [0.25, 0.3) is 0 Å². The second kappa shape index (κ2) is 11.6. The molecule has 0 aliphatic rings. The summed E-state index contributed by atoms with van der Waals surface area (Å²) < 4.78 is 0. The number of benzene rings is 2. The van der Waals surface area contributed by atoms with Crippen LogP contribution >= 0.6 is 0 Å². The second-order valence-corrected chi connectivity index (χ2v) is 7.67. The number of aromatic carboxylic acids is 1. The molecule has 0 unspecified atom stereocenters. The van der Waals surface area contributed by atoms with E-state index in [1.165, 1.54) is 30.3 Å². The molecule has 2 aromatic carbocycles. The van der Waals surface area contributed by atoms with E-state index in [1.807, 2.05) is 6.07 Å². The van der Waals surface area contributed by atoms with Crippen molar-refractivity contribution < 1.29 is 24.3 Å². The first-order chi connectivity index (χ1) is 16.4. The Kier molecular flexibility index (Phi) is 8.28. The number of Topliss-reactive ketones (excluding diaryl/α,β-unsaturated/α-hetero) is 1. The highest BCUT2D eigenvalue weighted by Gasteiger charge is 2.17. The molecule has 0 saturated heterocycles. The first-order valence-electron chi connectivity index (χ1n) is 11.0. The lowest BCUT2D eigenvalue weighted by Gasteiger charge is -2.13. The average Bonchev–Trinajstić information content (AvgIpc) is 3.36. The highest BCUT2D eigenvalue weighted by molar-refractivity contribution is 6.10. The highest BCUT2D eigenvalue weighted by atomic mass is 16.4. The summed E-state index contributed by atoms with van der Waals surface area (Å²) >= 11 is 0. The molecule has 0 atom stereocenters. The number of ketones is 1. The summed E-state index contributed by atoms with van der Waals surface area (Å²) in [6.07, 6.45) is 4.44. The molecule has 0 aliphatic heterocycles. The zero-order chi connectivity index (χ0) is 24.5. The Hall–Kier alpha value is -4.27. The van der Waals surface area contributed by atoms with Gasteiger partial charge < -0.3 is 15.7 Å². The van der Waals surface area contributed by atoms with E-state index >= 15 is 0 Å². The molecule has 1 heterocycles. The summed E-state index contributed by atoms with van der Waals surface area (Å²) in [7, 11) is 0. The van der Waals surface area contributed by atoms with Crippen molar-refractivity contribution in [1.82, 2.24) is 15.5 Å². The zero-order valence-corrected chi connectivity index (χ0v) is 18.8. The van der Waals surface area contributed by atoms with E-state index in [1.54, 1.807) is 25.3 Å². The minimum atomic E-state index is -1.18. The maximum absolute atomic E-state index is 12.7. The Balaban J connectivity index is 1.68. The van der Waals surface area contributed by atoms with Crippen LogP contribution in [0.2, 0.25) is 0 Å². The van der Waals surface area contributed by atoms with Crippen LogP contribution in [-0.4, -0.2) is 45.4 Å². The number of carboxylic acid groups (broad SMARTS) is 1. The van der Waals surface area contributed by atoms with Crippen molar-refractivity contribution in [2.45, 2.75) is 32.6 Å². The van der Waals surface area contributed by atoms with Gasteiger partial charge in [-0.15, -0.1) is 0 Å². The van der Waals surface area contributed by atoms with E-state index in [2.05, 4.69) is 20.8 Å². The molecule has 2 amide bonds. The van der Waals surface area contributed by atoms with Crippen molar-refractivity contribution in [3.05, 3.63) is 82.7 Å². The fourth-order valence-electron chi connectivity index (χ4n) is 3.35. The number of amides is 2. The zero-order valence-electron chi connectivity index (χ0n) is 18.8. The van der Waals surface area contributed by atoms with Gasteiger partial charge in [0.1, 0.15) is 0 Å². The van der Waals surface area contributed by atoms with Gasteiger partial charge >= 0.3 is 5.97 Å². The fourth-order valence-corrected chi connectivity index (χ4v) is 3.35. The van der Waals surface area contributed by atoms with E-state index in [0.717, 1.165) is 25.0 Å². The van der Waals surface area contributed by atoms with Gasteiger partial charge in [-0.2, -0.15) is 5.10 Å². The summed E-state index contributed by atoms with van der Waals surface area (Å²) in [5, 5.41) is 21.5. The van der Waals surface area contributed by atoms with Crippen molar-refractivity contribution in [2.24, 2.45) is 0 Å². The van der Waals surface area contributed by atoms with Crippen LogP contribution in [0.4, 0.5) is 5.69 Å². The number of carboxylic acids is 1. The molecule has 0 bridgehead atoms. The largest absolute Gasteiger partial charge is 0.478 e. The number of rotatable bonds is 11. The number of carbonyl (C=O) groups excluding carboxylic acids is 3. The van der Waals surface area contributed by atoms with E-state index in [-0.39, 0.29) is 28.2 Å². The van der Waals surface area contributed by atoms with Gasteiger partial charge in [0, 0.05) is 36.0 Å². The SMILES string of the molecule is CCC(=O)c1ccc(C(=O)Nc2cc(C(=O)O)ccc2C(=O)NCCCCc2ccn[nH]2)cc1. The number of H-pyrrole nitrogens is 1. The average molecular weight is 463 g/mol. The van der Waals surface area contributed by atoms with Gasteiger partial charge in [0.15, 0.2) is 5.78 Å². The van der Waals surface area contributed by atoms with Gasteiger partial charge in [-0.1, -0.05) is 19.1 Å². The van der Waals surface area contributed by atoms with Gasteiger partial charge in [-0.25, -0.2) is 4.79 Å². The highest BCUT2D eigenvalue weighted by Crippen LogP contribution is 2.20. The Morgan fingerprint density at radius 3 is 2.26 bits per heavy atom. The third-order valence-electron chi connectivity index (χ3n) is 5.27. The first-order valence-corrected chi connectivity index (χ1v) is 11.0. The van der Waals surface area contributed by atoms with Crippen LogP contribution in [0.1, 0.15) is 73.3 Å². The Morgan fingerprint density at radius 1 is 0.912 bits per heavy atom. The molecule has 1 aromatic heterocycles. The predicted molar refractivity (Wildman–Crippen MR) is 126 cm³/mol. The molecule has 3 aromatic rings. The lowest BCUT2D eigenvalue weighted by molar-refractivity contribution is 0.0695. The number of nitrogens with zero attached hydrogens (tertiary/aromatic N) is 1. The third-order valence-corrected chi connectivity index (χ3v) is 5.27. The number of hydrogen-bond donors (Lipinski definition) is 4. The van der Waals surface area contributed by atoms with E-state index in [4.69, 9.17) is 0 Å². The molecule has 34 heavy (non-hydrogen) atoms. The second-order valence-electron chi connectivity index (χ2n) is 7.67. The standard InChI is InChI=1S/C25H26N4O5/c1-2-22(30)16-6-8-17(9-7-16)23(31)28-21-15-18(25(33)34)10-11-20(21)24(32)26-13-4-3-5-19-12-14-27-29-19/h6-12,14-15H,2-5,13H2,1H3,(H,26,32)(H,27,29)(H,28,31)(H,33,34). The maximum atomic E-state index is 12.7. The lowest BCUT2D eigenvalue weighted by Crippen LogP contribution is -2.26. The predicted octanol–water partition coefficient (Wildman–Crippen LogP) is 3.71. The van der Waals surface area contributed by atoms with Crippen LogP contribution in [0.15, 0.2) is 54.7 Å². The van der Waals surface area contributed by atoms with Gasteiger partial charge in [0.05, 0.1) is 16.8 Å². The monoisotopic (exact) mass is 462 g/mol. The van der Waals surface area contributed by atoms with Gasteiger partial charge in [0.25, 0.3) is 11.8 Å². The van der Waals surface area contributed by atoms with Crippen molar-refractivity contribution in [2.75, 3.05) is 11.9 Å². The number of carbonyl (C=O) groups is 4. The van der Waals surface area contributed by atoms with Gasteiger partial charge in [0.2, 0.25) is 0 Å². The fraction of sp³-hybridized carbons (Fsp3) is 0.240. The number of anilines is 1. The molecule has 0 spiro atoms. The summed E-state index contributed by atoms with van der Waals surface area (Å²) in [4.78, 5) is 48.7. The molecule has 176 valence electrons. The Labute approximate surface area is 196 Å². The van der Waals surface area contributed by atoms with E-state index < -0.39 is 17.8 Å². The number of aromatic amines is 1. The molecule has 0 radical (unpaired) electrons. The molecule has 4 N–H and O–H groups in total. The maximum Gasteiger partial charge on any atom is 0.335 e. The smallest absolute Gasteiger partial charge is 0.335 e. The van der Waals surface area contributed by atoms with Crippen LogP contribution in [0.5, 0.6) is 0 Å². The molecule has 0 fully saturated rings. The van der Waals surface area contributed by atoms with E-state index in [9.17, 15) is 24.3 Å². The number of unbranched alkanes of at least 4 members (excludes halogenated alkanes) is 1. The van der Waals surface area contributed by atoms with Gasteiger partial charge in [-0.3, -0.25) is 19.5 Å². The molecule has 0 saturated carbocycles. The van der Waals surface area contributed by atoms with Crippen LogP contribution in [0.3, 0.4) is 0 Å². The number of nitrogens with one attached hydrogen (secondary N) is 3. The molecule has 0 aliphatic carbocycles. The molecule has 9 heteroatoms. The molecule has 9 nitrogen and oxygen atoms in total. The molecular weight excluding hydrogens is 436 g/mol. The topological polar surface area (TPSA) is 141 Å². The summed E-state index contributed by atoms with van der Waals surface area (Å²) in [5.74, 6) is -2.15. The lowest BCUT2D eigenvalue weighted by atomic mass is 10.1. The summed E-state index contributed by atoms with van der Waals surface area (Å²) in [6, 6.07) is 12.0. The number of aryl methyl sites for hydroxylation is 1. The summed E-state index contributed by atoms with van der Waals surface area (Å²) in [6.45, 7) is 2.18. The van der Waals surface area contributed by atoms with Crippen molar-refractivity contribution >= 4 is 29.3 Å². The quantitative estimate of drug-likeness (QED) is 0.253. The Morgan fingerprint density at radius 2 is 1.62 bits per heavy atom. The molecular formula is C25H26N4O5. The third kappa shape index (κ3) is 6.38. The van der Waals surface area contributed by atoms with Crippen LogP contribution in [-0.2, 0) is 6.42 Å². The van der Waals surface area contributed by atoms with Crippen molar-refractivity contribution in [3.63, 3.8) is 0 Å². The molecule has 3 rings (SSSR count). The first kappa shape index (κ1) is 24.4. The number of hydrogen-bond acceptors (Lipinski definition) is 5. The van der Waals surface area contributed by atoms with Crippen LogP contribution < -0.4 is 10.6 Å².